The predicted octanol–water partition coefficient (Wildman–Crippen LogP) is 0.246. The van der Waals surface area contributed by atoms with Gasteiger partial charge in [-0.15, -0.1) is 12.3 Å². The Morgan fingerprint density at radius 3 is 2.83 bits per heavy atom. The lowest BCUT2D eigenvalue weighted by molar-refractivity contribution is -0.139. The normalized spacial score (nSPS) is 13.1. The monoisotopic (exact) mass is 250 g/mol. The highest BCUT2D eigenvalue weighted by Crippen LogP contribution is 2.04. The van der Waals surface area contributed by atoms with Crippen LogP contribution < -0.4 is 10.6 Å². The van der Waals surface area contributed by atoms with Gasteiger partial charge in [0, 0.05) is 18.8 Å². The summed E-state index contributed by atoms with van der Waals surface area (Å²) in [5.74, 6) is 1.60. The van der Waals surface area contributed by atoms with E-state index in [0.717, 1.165) is 0 Å². The second-order valence-electron chi connectivity index (χ2n) is 3.61. The Morgan fingerprint density at radius 1 is 1.61 bits per heavy atom. The summed E-state index contributed by atoms with van der Waals surface area (Å²) in [4.78, 5) is 29.1. The van der Waals surface area contributed by atoms with Crippen molar-refractivity contribution in [1.29, 1.82) is 0 Å². The molecule has 1 heterocycles. The van der Waals surface area contributed by atoms with E-state index in [0.29, 0.717) is 5.82 Å². The number of hydrogen-bond donors (Lipinski definition) is 4. The van der Waals surface area contributed by atoms with E-state index in [4.69, 9.17) is 11.5 Å². The summed E-state index contributed by atoms with van der Waals surface area (Å²) >= 11 is 0. The SMILES string of the molecule is C#CCC(NC(=O)NC(C)c1ncc[nH]1)C(=O)O. The zero-order valence-corrected chi connectivity index (χ0v) is 9.80. The number of aliphatic carboxylic acids is 1. The van der Waals surface area contributed by atoms with Crippen molar-refractivity contribution in [3.05, 3.63) is 18.2 Å². The highest BCUT2D eigenvalue weighted by molar-refractivity contribution is 5.82. The molecule has 0 aliphatic heterocycles. The first-order chi connectivity index (χ1) is 8.54. The van der Waals surface area contributed by atoms with Gasteiger partial charge in [0.1, 0.15) is 11.9 Å². The molecule has 0 radical (unpaired) electrons. The number of nitrogens with one attached hydrogen (secondary N) is 3. The summed E-state index contributed by atoms with van der Waals surface area (Å²) in [6, 6.07) is -2.07. The minimum atomic E-state index is -1.17. The number of urea groups is 1. The summed E-state index contributed by atoms with van der Waals surface area (Å²) in [5, 5.41) is 13.6. The van der Waals surface area contributed by atoms with Crippen LogP contribution in [0.3, 0.4) is 0 Å². The Morgan fingerprint density at radius 2 is 2.33 bits per heavy atom. The molecular weight excluding hydrogens is 236 g/mol. The minimum Gasteiger partial charge on any atom is -0.480 e. The zero-order valence-electron chi connectivity index (χ0n) is 9.80. The van der Waals surface area contributed by atoms with Crippen molar-refractivity contribution in [2.24, 2.45) is 0 Å². The van der Waals surface area contributed by atoms with Crippen molar-refractivity contribution in [2.45, 2.75) is 25.4 Å². The van der Waals surface area contributed by atoms with Gasteiger partial charge in [-0.1, -0.05) is 0 Å². The maximum Gasteiger partial charge on any atom is 0.327 e. The topological polar surface area (TPSA) is 107 Å². The van der Waals surface area contributed by atoms with Crippen LogP contribution in [0.25, 0.3) is 0 Å². The molecule has 0 fully saturated rings. The molecule has 0 bridgehead atoms. The molecule has 0 aliphatic carbocycles. The van der Waals surface area contributed by atoms with Crippen LogP contribution in [0.1, 0.15) is 25.2 Å². The van der Waals surface area contributed by atoms with Crippen LogP contribution in [0.5, 0.6) is 0 Å². The largest absolute Gasteiger partial charge is 0.480 e. The van der Waals surface area contributed by atoms with E-state index in [1.54, 1.807) is 19.3 Å². The first kappa shape index (κ1) is 13.6. The van der Waals surface area contributed by atoms with Crippen LogP contribution in [-0.4, -0.2) is 33.1 Å². The number of aromatic amines is 1. The molecule has 0 spiro atoms. The number of carbonyl (C=O) groups is 2. The maximum atomic E-state index is 11.5. The maximum absolute atomic E-state index is 11.5. The summed E-state index contributed by atoms with van der Waals surface area (Å²) in [7, 11) is 0. The Kier molecular flexibility index (Phi) is 4.75. The second kappa shape index (κ2) is 6.30. The fourth-order valence-electron chi connectivity index (χ4n) is 1.30. The van der Waals surface area contributed by atoms with E-state index < -0.39 is 18.0 Å². The van der Waals surface area contributed by atoms with Crippen molar-refractivity contribution in [1.82, 2.24) is 20.6 Å². The van der Waals surface area contributed by atoms with Gasteiger partial charge in [0.15, 0.2) is 0 Å². The van der Waals surface area contributed by atoms with Crippen LogP contribution >= 0.6 is 0 Å². The van der Waals surface area contributed by atoms with Crippen LogP contribution in [-0.2, 0) is 4.79 Å². The molecule has 1 aromatic rings. The number of aromatic nitrogens is 2. The lowest BCUT2D eigenvalue weighted by Crippen LogP contribution is -2.46. The smallest absolute Gasteiger partial charge is 0.327 e. The first-order valence-corrected chi connectivity index (χ1v) is 5.27. The zero-order chi connectivity index (χ0) is 13.5. The molecule has 2 unspecified atom stereocenters. The number of rotatable bonds is 5. The molecule has 1 rings (SSSR count). The number of carbonyl (C=O) groups excluding carboxylic acids is 1. The molecule has 0 aromatic carbocycles. The van der Waals surface area contributed by atoms with E-state index in [2.05, 4.69) is 26.5 Å². The van der Waals surface area contributed by atoms with Gasteiger partial charge >= 0.3 is 12.0 Å². The second-order valence-corrected chi connectivity index (χ2v) is 3.61. The molecule has 18 heavy (non-hydrogen) atoms. The van der Waals surface area contributed by atoms with Crippen molar-refractivity contribution in [3.8, 4) is 12.3 Å². The fraction of sp³-hybridized carbons (Fsp3) is 0.364. The highest BCUT2D eigenvalue weighted by Gasteiger charge is 2.20. The Bertz CT molecular complexity index is 449. The number of terminal acetylenes is 1. The molecule has 4 N–H and O–H groups in total. The minimum absolute atomic E-state index is 0.0715. The van der Waals surface area contributed by atoms with Crippen LogP contribution in [0.4, 0.5) is 4.79 Å². The number of hydrogen-bond acceptors (Lipinski definition) is 3. The molecule has 2 amide bonds. The third-order valence-corrected chi connectivity index (χ3v) is 2.20. The number of imidazole rings is 1. The van der Waals surface area contributed by atoms with E-state index in [1.165, 1.54) is 0 Å². The van der Waals surface area contributed by atoms with Crippen molar-refractivity contribution >= 4 is 12.0 Å². The van der Waals surface area contributed by atoms with Crippen LogP contribution in [0.15, 0.2) is 12.4 Å². The van der Waals surface area contributed by atoms with E-state index in [9.17, 15) is 9.59 Å². The molecule has 1 aromatic heterocycles. The van der Waals surface area contributed by atoms with Gasteiger partial charge in [0.2, 0.25) is 0 Å². The predicted molar refractivity (Wildman–Crippen MR) is 63.5 cm³/mol. The summed E-state index contributed by atoms with van der Waals surface area (Å²) < 4.78 is 0. The van der Waals surface area contributed by atoms with Crippen LogP contribution in [0.2, 0.25) is 0 Å². The van der Waals surface area contributed by atoms with E-state index >= 15 is 0 Å². The van der Waals surface area contributed by atoms with Gasteiger partial charge in [0.05, 0.1) is 6.04 Å². The average molecular weight is 250 g/mol. The standard InChI is InChI=1S/C11H14N4O3/c1-3-4-8(10(16)17)15-11(18)14-7(2)9-12-5-6-13-9/h1,5-8H,4H2,2H3,(H,12,13)(H,16,17)(H2,14,15,18). The van der Waals surface area contributed by atoms with Gasteiger partial charge in [-0.3, -0.25) is 0 Å². The van der Waals surface area contributed by atoms with Gasteiger partial charge in [-0.05, 0) is 6.92 Å². The molecule has 0 saturated heterocycles. The fourth-order valence-corrected chi connectivity index (χ4v) is 1.30. The summed E-state index contributed by atoms with van der Waals surface area (Å²) in [5.41, 5.74) is 0. The lowest BCUT2D eigenvalue weighted by atomic mass is 10.2. The third-order valence-electron chi connectivity index (χ3n) is 2.20. The Hall–Kier alpha value is -2.49. The van der Waals surface area contributed by atoms with Crippen LogP contribution in [0, 0.1) is 12.3 Å². The Labute approximate surface area is 104 Å². The number of H-pyrrole nitrogens is 1. The quantitative estimate of drug-likeness (QED) is 0.562. The molecule has 2 atom stereocenters. The van der Waals surface area contributed by atoms with Crippen molar-refractivity contribution < 1.29 is 14.7 Å². The number of carboxylic acids is 1. The number of carboxylic acid groups (broad SMARTS) is 1. The van der Waals surface area contributed by atoms with Gasteiger partial charge in [-0.25, -0.2) is 14.6 Å². The lowest BCUT2D eigenvalue weighted by Gasteiger charge is -2.15. The summed E-state index contributed by atoms with van der Waals surface area (Å²) in [6.07, 6.45) is 8.14. The molecule has 0 saturated carbocycles. The Balaban J connectivity index is 2.50. The molecule has 7 nitrogen and oxygen atoms in total. The van der Waals surface area contributed by atoms with Crippen molar-refractivity contribution in [3.63, 3.8) is 0 Å². The van der Waals surface area contributed by atoms with Gasteiger partial charge < -0.3 is 20.7 Å². The molecule has 96 valence electrons. The average Bonchev–Trinajstić information content (AvgIpc) is 2.81. The highest BCUT2D eigenvalue weighted by atomic mass is 16.4. The number of amides is 2. The first-order valence-electron chi connectivity index (χ1n) is 5.27. The number of nitrogens with zero attached hydrogens (tertiary/aromatic N) is 1. The molecule has 7 heteroatoms. The van der Waals surface area contributed by atoms with E-state index in [1.807, 2.05) is 0 Å². The molecular formula is C11H14N4O3. The van der Waals surface area contributed by atoms with Crippen molar-refractivity contribution in [2.75, 3.05) is 0 Å². The van der Waals surface area contributed by atoms with E-state index in [-0.39, 0.29) is 12.5 Å². The molecule has 0 aliphatic rings. The third kappa shape index (κ3) is 3.83. The van der Waals surface area contributed by atoms with Gasteiger partial charge in [-0.2, -0.15) is 0 Å². The van der Waals surface area contributed by atoms with Gasteiger partial charge in [0.25, 0.3) is 0 Å². The summed E-state index contributed by atoms with van der Waals surface area (Å²) in [6.45, 7) is 1.72.